The number of piperidine rings is 1. The molecule has 0 aromatic heterocycles. The van der Waals surface area contributed by atoms with E-state index in [2.05, 4.69) is 10.2 Å². The molecular weight excluding hydrogens is 277 g/mol. The van der Waals surface area contributed by atoms with Crippen LogP contribution in [-0.2, 0) is 4.79 Å². The van der Waals surface area contributed by atoms with Crippen LogP contribution < -0.4 is 11.1 Å². The molecule has 0 spiro atoms. The van der Waals surface area contributed by atoms with Gasteiger partial charge in [0.05, 0.1) is 11.5 Å². The predicted octanol–water partition coefficient (Wildman–Crippen LogP) is 1.76. The summed E-state index contributed by atoms with van der Waals surface area (Å²) in [7, 11) is 0. The van der Waals surface area contributed by atoms with Crippen LogP contribution in [0.3, 0.4) is 0 Å². The molecular formula is C14H18FN3OS. The lowest BCUT2D eigenvalue weighted by Crippen LogP contribution is -2.41. The van der Waals surface area contributed by atoms with E-state index < -0.39 is 0 Å². The van der Waals surface area contributed by atoms with Crippen LogP contribution in [0.15, 0.2) is 24.3 Å². The number of anilines is 1. The van der Waals surface area contributed by atoms with Gasteiger partial charge >= 0.3 is 0 Å². The zero-order valence-corrected chi connectivity index (χ0v) is 12.0. The number of carbonyl (C=O) groups is 1. The number of nitrogens with one attached hydrogen (secondary N) is 1. The first-order valence-corrected chi connectivity index (χ1v) is 7.02. The van der Waals surface area contributed by atoms with Gasteiger partial charge in [-0.1, -0.05) is 12.2 Å². The minimum absolute atomic E-state index is 0.0922. The molecule has 0 bridgehead atoms. The van der Waals surface area contributed by atoms with Gasteiger partial charge < -0.3 is 11.1 Å². The Morgan fingerprint density at radius 1 is 1.35 bits per heavy atom. The van der Waals surface area contributed by atoms with E-state index in [1.54, 1.807) is 12.1 Å². The SMILES string of the molecule is NC(=S)C1CCN(CC(=O)Nc2ccc(F)cc2)CC1. The number of amides is 1. The zero-order chi connectivity index (χ0) is 14.5. The summed E-state index contributed by atoms with van der Waals surface area (Å²) in [6.07, 6.45) is 1.80. The summed E-state index contributed by atoms with van der Waals surface area (Å²) in [5, 5.41) is 2.75. The lowest BCUT2D eigenvalue weighted by atomic mass is 9.97. The standard InChI is InChI=1S/C14H18FN3OS/c15-11-1-3-12(4-2-11)17-13(19)9-18-7-5-10(6-8-18)14(16)20/h1-4,10H,5-9H2,(H2,16,20)(H,17,19). The lowest BCUT2D eigenvalue weighted by Gasteiger charge is -2.30. The summed E-state index contributed by atoms with van der Waals surface area (Å²) >= 11 is 4.99. The summed E-state index contributed by atoms with van der Waals surface area (Å²) < 4.78 is 12.8. The number of halogens is 1. The predicted molar refractivity (Wildman–Crippen MR) is 81.0 cm³/mol. The normalized spacial score (nSPS) is 16.9. The Hall–Kier alpha value is -1.53. The van der Waals surface area contributed by atoms with E-state index in [9.17, 15) is 9.18 Å². The van der Waals surface area contributed by atoms with Crippen molar-refractivity contribution >= 4 is 28.8 Å². The molecule has 0 radical (unpaired) electrons. The highest BCUT2D eigenvalue weighted by Crippen LogP contribution is 2.17. The summed E-state index contributed by atoms with van der Waals surface area (Å²) in [5.41, 5.74) is 6.24. The summed E-state index contributed by atoms with van der Waals surface area (Å²) in [6, 6.07) is 5.74. The van der Waals surface area contributed by atoms with Gasteiger partial charge in [0.1, 0.15) is 5.82 Å². The molecule has 1 heterocycles. The quantitative estimate of drug-likeness (QED) is 0.831. The van der Waals surface area contributed by atoms with E-state index in [0.717, 1.165) is 25.9 Å². The Morgan fingerprint density at radius 2 is 1.95 bits per heavy atom. The minimum Gasteiger partial charge on any atom is -0.393 e. The van der Waals surface area contributed by atoms with Gasteiger partial charge in [-0.25, -0.2) is 4.39 Å². The second-order valence-electron chi connectivity index (χ2n) is 5.01. The van der Waals surface area contributed by atoms with E-state index in [1.165, 1.54) is 12.1 Å². The molecule has 1 amide bonds. The lowest BCUT2D eigenvalue weighted by molar-refractivity contribution is -0.117. The molecule has 1 aromatic carbocycles. The average molecular weight is 295 g/mol. The number of benzene rings is 1. The topological polar surface area (TPSA) is 58.4 Å². The molecule has 0 atom stereocenters. The molecule has 1 aliphatic heterocycles. The summed E-state index contributed by atoms with van der Waals surface area (Å²) in [4.78, 5) is 14.5. The average Bonchev–Trinajstić information content (AvgIpc) is 2.42. The third kappa shape index (κ3) is 4.25. The molecule has 1 aromatic rings. The first-order valence-electron chi connectivity index (χ1n) is 6.61. The van der Waals surface area contributed by atoms with Crippen molar-refractivity contribution in [3.05, 3.63) is 30.1 Å². The van der Waals surface area contributed by atoms with E-state index in [1.807, 2.05) is 0 Å². The first kappa shape index (κ1) is 14.9. The number of nitrogens with two attached hydrogens (primary N) is 1. The van der Waals surface area contributed by atoms with Crippen molar-refractivity contribution in [1.29, 1.82) is 0 Å². The van der Waals surface area contributed by atoms with Crippen molar-refractivity contribution in [2.45, 2.75) is 12.8 Å². The maximum absolute atomic E-state index is 12.8. The van der Waals surface area contributed by atoms with Crippen molar-refractivity contribution in [3.63, 3.8) is 0 Å². The summed E-state index contributed by atoms with van der Waals surface area (Å²) in [6.45, 7) is 1.97. The highest BCUT2D eigenvalue weighted by Gasteiger charge is 2.22. The molecule has 108 valence electrons. The van der Waals surface area contributed by atoms with Gasteiger partial charge in [0.2, 0.25) is 5.91 Å². The van der Waals surface area contributed by atoms with E-state index >= 15 is 0 Å². The first-order chi connectivity index (χ1) is 9.54. The van der Waals surface area contributed by atoms with E-state index in [-0.39, 0.29) is 11.7 Å². The van der Waals surface area contributed by atoms with Crippen LogP contribution >= 0.6 is 12.2 Å². The molecule has 1 fully saturated rings. The second kappa shape index (κ2) is 6.76. The Bertz CT molecular complexity index is 484. The van der Waals surface area contributed by atoms with E-state index in [4.69, 9.17) is 18.0 Å². The molecule has 20 heavy (non-hydrogen) atoms. The maximum atomic E-state index is 12.8. The third-order valence-corrected chi connectivity index (χ3v) is 3.82. The Morgan fingerprint density at radius 3 is 2.50 bits per heavy atom. The molecule has 4 nitrogen and oxygen atoms in total. The molecule has 2 rings (SSSR count). The van der Waals surface area contributed by atoms with E-state index in [0.29, 0.717) is 23.1 Å². The number of hydrogen-bond acceptors (Lipinski definition) is 3. The van der Waals surface area contributed by atoms with Crippen LogP contribution in [0.1, 0.15) is 12.8 Å². The highest BCUT2D eigenvalue weighted by atomic mass is 32.1. The zero-order valence-electron chi connectivity index (χ0n) is 11.1. The van der Waals surface area contributed by atoms with Crippen LogP contribution in [0.5, 0.6) is 0 Å². The van der Waals surface area contributed by atoms with Crippen LogP contribution in [-0.4, -0.2) is 35.4 Å². The smallest absolute Gasteiger partial charge is 0.238 e. The fourth-order valence-corrected chi connectivity index (χ4v) is 2.55. The number of rotatable bonds is 4. The van der Waals surface area contributed by atoms with Crippen LogP contribution in [0, 0.1) is 11.7 Å². The van der Waals surface area contributed by atoms with Crippen molar-refractivity contribution in [2.24, 2.45) is 11.7 Å². The van der Waals surface area contributed by atoms with Gasteiger partial charge in [-0.15, -0.1) is 0 Å². The van der Waals surface area contributed by atoms with Gasteiger partial charge in [-0.3, -0.25) is 9.69 Å². The number of hydrogen-bond donors (Lipinski definition) is 2. The third-order valence-electron chi connectivity index (χ3n) is 3.49. The van der Waals surface area contributed by atoms with Gasteiger partial charge in [0.25, 0.3) is 0 Å². The van der Waals surface area contributed by atoms with Gasteiger partial charge in [-0.05, 0) is 50.2 Å². The van der Waals surface area contributed by atoms with Crippen molar-refractivity contribution in [3.8, 4) is 0 Å². The molecule has 0 saturated carbocycles. The minimum atomic E-state index is -0.317. The summed E-state index contributed by atoms with van der Waals surface area (Å²) in [5.74, 6) is -0.116. The molecule has 0 aliphatic carbocycles. The molecule has 1 aliphatic rings. The maximum Gasteiger partial charge on any atom is 0.238 e. The van der Waals surface area contributed by atoms with Crippen molar-refractivity contribution < 1.29 is 9.18 Å². The van der Waals surface area contributed by atoms with Crippen LogP contribution in [0.4, 0.5) is 10.1 Å². The van der Waals surface area contributed by atoms with Crippen molar-refractivity contribution in [1.82, 2.24) is 4.90 Å². The molecule has 3 N–H and O–H groups in total. The van der Waals surface area contributed by atoms with Gasteiger partial charge in [-0.2, -0.15) is 0 Å². The Kier molecular flexibility index (Phi) is 5.03. The van der Waals surface area contributed by atoms with Crippen molar-refractivity contribution in [2.75, 3.05) is 25.0 Å². The largest absolute Gasteiger partial charge is 0.393 e. The highest BCUT2D eigenvalue weighted by molar-refractivity contribution is 7.80. The fourth-order valence-electron chi connectivity index (χ4n) is 2.31. The number of nitrogens with zero attached hydrogens (tertiary/aromatic N) is 1. The molecule has 1 saturated heterocycles. The number of carbonyl (C=O) groups excluding carboxylic acids is 1. The Labute approximate surface area is 123 Å². The fraction of sp³-hybridized carbons (Fsp3) is 0.429. The number of thiocarbonyl (C=S) groups is 1. The number of likely N-dealkylation sites (tertiary alicyclic amines) is 1. The second-order valence-corrected chi connectivity index (χ2v) is 5.48. The van der Waals surface area contributed by atoms with Crippen LogP contribution in [0.25, 0.3) is 0 Å². The van der Waals surface area contributed by atoms with Gasteiger partial charge in [0, 0.05) is 11.6 Å². The Balaban J connectivity index is 1.78. The monoisotopic (exact) mass is 295 g/mol. The van der Waals surface area contributed by atoms with Gasteiger partial charge in [0.15, 0.2) is 0 Å². The van der Waals surface area contributed by atoms with Crippen LogP contribution in [0.2, 0.25) is 0 Å². The molecule has 0 unspecified atom stereocenters. The molecule has 6 heteroatoms.